The Bertz CT molecular complexity index is 988. The first-order valence-electron chi connectivity index (χ1n) is 13.6. The number of rotatable bonds is 18. The van der Waals surface area contributed by atoms with Crippen molar-refractivity contribution >= 4 is 11.8 Å². The smallest absolute Gasteiger partial charge is 0.255 e. The number of unbranched alkanes of at least 4 members (excludes halogenated alkanes) is 1. The van der Waals surface area contributed by atoms with Gasteiger partial charge in [-0.1, -0.05) is 56.3 Å². The Morgan fingerprint density at radius 3 is 2.26 bits per heavy atom. The van der Waals surface area contributed by atoms with Crippen LogP contribution in [0.15, 0.2) is 54.6 Å². The minimum Gasteiger partial charge on any atom is -0.493 e. The Morgan fingerprint density at radius 1 is 0.923 bits per heavy atom. The number of nitrogens with one attached hydrogen (secondary N) is 2. The molecule has 2 amide bonds. The number of amides is 2. The molecule has 4 atom stereocenters. The number of ether oxygens (including phenoxy) is 3. The molecule has 9 heteroatoms. The highest BCUT2D eigenvalue weighted by molar-refractivity contribution is 5.96. The number of hydrogen-bond acceptors (Lipinski definition) is 7. The molecule has 216 valence electrons. The van der Waals surface area contributed by atoms with E-state index < -0.39 is 18.2 Å². The van der Waals surface area contributed by atoms with Crippen molar-refractivity contribution in [3.8, 4) is 5.75 Å². The van der Waals surface area contributed by atoms with Crippen molar-refractivity contribution in [1.29, 1.82) is 0 Å². The predicted octanol–water partition coefficient (Wildman–Crippen LogP) is 3.08. The first kappa shape index (κ1) is 32.2. The van der Waals surface area contributed by atoms with Crippen molar-refractivity contribution in [3.05, 3.63) is 65.7 Å². The van der Waals surface area contributed by atoms with Crippen LogP contribution in [-0.4, -0.2) is 69.6 Å². The van der Waals surface area contributed by atoms with Gasteiger partial charge in [-0.15, -0.1) is 0 Å². The van der Waals surface area contributed by atoms with E-state index in [1.165, 1.54) is 7.11 Å². The van der Waals surface area contributed by atoms with Crippen LogP contribution in [0.4, 0.5) is 0 Å². The summed E-state index contributed by atoms with van der Waals surface area (Å²) in [5.74, 6) is 0.207. The summed E-state index contributed by atoms with van der Waals surface area (Å²) in [5, 5.41) is 16.4. The normalized spacial score (nSPS) is 14.3. The number of nitrogens with two attached hydrogens (primary N) is 1. The maximum atomic E-state index is 13.0. The molecular formula is C30H45N3O6. The molecule has 0 aromatic heterocycles. The standard InChI is InChI=1S/C30H45N3O6/c1-21(2)23(19-32-29(35)24-14-8-9-15-27(24)39-17-11-10-16-37-3)18-25(31)26(34)20-33-30(36)28(38-4)22-12-6-5-7-13-22/h5-9,12-15,21,23,25-26,28,34H,10-11,16-20,31H2,1-4H3,(H,32,35)(H,33,36)/t23-,25+,26+,28-/m1/s1. The van der Waals surface area contributed by atoms with Crippen LogP contribution in [0.25, 0.3) is 0 Å². The zero-order valence-electron chi connectivity index (χ0n) is 23.6. The van der Waals surface area contributed by atoms with Gasteiger partial charge in [0.2, 0.25) is 0 Å². The molecule has 0 aliphatic carbocycles. The van der Waals surface area contributed by atoms with Crippen molar-refractivity contribution < 1.29 is 28.9 Å². The van der Waals surface area contributed by atoms with Crippen molar-refractivity contribution in [2.45, 2.75) is 51.4 Å². The average molecular weight is 544 g/mol. The maximum absolute atomic E-state index is 13.0. The number of hydrogen-bond donors (Lipinski definition) is 4. The quantitative estimate of drug-likeness (QED) is 0.213. The Labute approximate surface area is 232 Å². The molecule has 2 rings (SSSR count). The van der Waals surface area contributed by atoms with Gasteiger partial charge in [0.05, 0.1) is 18.3 Å². The lowest BCUT2D eigenvalue weighted by molar-refractivity contribution is -0.132. The number of methoxy groups -OCH3 is 2. The molecule has 0 radical (unpaired) electrons. The molecule has 2 aromatic rings. The fraction of sp³-hybridized carbons (Fsp3) is 0.533. The third-order valence-electron chi connectivity index (χ3n) is 6.73. The van der Waals surface area contributed by atoms with Gasteiger partial charge in [-0.05, 0) is 48.8 Å². The number of carbonyl (C=O) groups is 2. The van der Waals surface area contributed by atoms with Crippen LogP contribution in [0.5, 0.6) is 5.75 Å². The Hall–Kier alpha value is -2.98. The summed E-state index contributed by atoms with van der Waals surface area (Å²) in [6, 6.07) is 15.7. The van der Waals surface area contributed by atoms with E-state index in [4.69, 9.17) is 19.9 Å². The van der Waals surface area contributed by atoms with Crippen LogP contribution >= 0.6 is 0 Å². The second-order valence-electron chi connectivity index (χ2n) is 10.00. The van der Waals surface area contributed by atoms with Gasteiger partial charge in [0.15, 0.2) is 6.10 Å². The molecule has 0 aliphatic heterocycles. The molecule has 0 saturated heterocycles. The van der Waals surface area contributed by atoms with Crippen LogP contribution in [-0.2, 0) is 14.3 Å². The van der Waals surface area contributed by atoms with E-state index >= 15 is 0 Å². The van der Waals surface area contributed by atoms with Crippen LogP contribution in [0, 0.1) is 11.8 Å². The Morgan fingerprint density at radius 2 is 1.59 bits per heavy atom. The van der Waals surface area contributed by atoms with Crippen molar-refractivity contribution in [1.82, 2.24) is 10.6 Å². The topological polar surface area (TPSA) is 132 Å². The monoisotopic (exact) mass is 543 g/mol. The van der Waals surface area contributed by atoms with E-state index in [0.717, 1.165) is 18.4 Å². The summed E-state index contributed by atoms with van der Waals surface area (Å²) in [6.45, 7) is 5.68. The average Bonchev–Trinajstić information content (AvgIpc) is 2.94. The molecule has 0 aliphatic rings. The van der Waals surface area contributed by atoms with Crippen molar-refractivity contribution in [2.24, 2.45) is 17.6 Å². The molecule has 5 N–H and O–H groups in total. The third kappa shape index (κ3) is 11.0. The van der Waals surface area contributed by atoms with Gasteiger partial charge in [-0.3, -0.25) is 9.59 Å². The molecule has 0 spiro atoms. The molecule has 0 saturated carbocycles. The summed E-state index contributed by atoms with van der Waals surface area (Å²) in [5.41, 5.74) is 7.52. The van der Waals surface area contributed by atoms with Gasteiger partial charge >= 0.3 is 0 Å². The molecule has 9 nitrogen and oxygen atoms in total. The molecule has 2 aromatic carbocycles. The SMILES string of the molecule is COCCCCOc1ccccc1C(=O)NC[C@@H](C[C@H](N)[C@@H](O)CNC(=O)[C@H](OC)c1ccccc1)C(C)C. The van der Waals surface area contributed by atoms with Crippen LogP contribution < -0.4 is 21.1 Å². The van der Waals surface area contributed by atoms with E-state index in [0.29, 0.717) is 37.5 Å². The van der Waals surface area contributed by atoms with Gasteiger partial charge in [0.25, 0.3) is 11.8 Å². The lowest BCUT2D eigenvalue weighted by Crippen LogP contribution is -2.46. The summed E-state index contributed by atoms with van der Waals surface area (Å²) < 4.78 is 16.2. The van der Waals surface area contributed by atoms with E-state index in [9.17, 15) is 14.7 Å². The second-order valence-corrected chi connectivity index (χ2v) is 10.00. The molecular weight excluding hydrogens is 498 g/mol. The van der Waals surface area contributed by atoms with Gasteiger partial charge in [-0.2, -0.15) is 0 Å². The molecule has 0 unspecified atom stereocenters. The number of carbonyl (C=O) groups excluding carboxylic acids is 2. The molecule has 0 bridgehead atoms. The second kappa shape index (κ2) is 17.6. The number of para-hydroxylation sites is 1. The Balaban J connectivity index is 1.87. The Kier molecular flexibility index (Phi) is 14.5. The number of benzene rings is 2. The summed E-state index contributed by atoms with van der Waals surface area (Å²) in [7, 11) is 3.13. The minimum atomic E-state index is -0.952. The van der Waals surface area contributed by atoms with Crippen molar-refractivity contribution in [3.63, 3.8) is 0 Å². The van der Waals surface area contributed by atoms with Crippen LogP contribution in [0.2, 0.25) is 0 Å². The van der Waals surface area contributed by atoms with E-state index in [2.05, 4.69) is 24.5 Å². The maximum Gasteiger partial charge on any atom is 0.255 e. The van der Waals surface area contributed by atoms with Crippen LogP contribution in [0.3, 0.4) is 0 Å². The molecule has 0 heterocycles. The third-order valence-corrected chi connectivity index (χ3v) is 6.73. The molecule has 0 fully saturated rings. The molecule has 39 heavy (non-hydrogen) atoms. The van der Waals surface area contributed by atoms with Gasteiger partial charge in [0.1, 0.15) is 5.75 Å². The highest BCUT2D eigenvalue weighted by atomic mass is 16.5. The fourth-order valence-corrected chi connectivity index (χ4v) is 4.20. The zero-order valence-corrected chi connectivity index (χ0v) is 23.6. The van der Waals surface area contributed by atoms with Gasteiger partial charge in [0, 0.05) is 40.0 Å². The first-order chi connectivity index (χ1) is 18.8. The first-order valence-corrected chi connectivity index (χ1v) is 13.6. The number of aliphatic hydroxyl groups excluding tert-OH is 1. The van der Waals surface area contributed by atoms with Gasteiger partial charge < -0.3 is 35.7 Å². The lowest BCUT2D eigenvalue weighted by Gasteiger charge is -2.28. The highest BCUT2D eigenvalue weighted by Crippen LogP contribution is 2.21. The highest BCUT2D eigenvalue weighted by Gasteiger charge is 2.25. The lowest BCUT2D eigenvalue weighted by atomic mass is 9.87. The zero-order chi connectivity index (χ0) is 28.6. The summed E-state index contributed by atoms with van der Waals surface area (Å²) in [4.78, 5) is 25.6. The van der Waals surface area contributed by atoms with E-state index in [1.54, 1.807) is 25.3 Å². The predicted molar refractivity (Wildman–Crippen MR) is 152 cm³/mol. The largest absolute Gasteiger partial charge is 0.493 e. The minimum absolute atomic E-state index is 0.00103. The van der Waals surface area contributed by atoms with Crippen molar-refractivity contribution in [2.75, 3.05) is 40.5 Å². The van der Waals surface area contributed by atoms with Gasteiger partial charge in [-0.25, -0.2) is 0 Å². The summed E-state index contributed by atoms with van der Waals surface area (Å²) in [6.07, 6.45) is 0.463. The number of aliphatic hydroxyl groups is 1. The van der Waals surface area contributed by atoms with E-state index in [-0.39, 0.29) is 30.2 Å². The summed E-state index contributed by atoms with van der Waals surface area (Å²) >= 11 is 0. The van der Waals surface area contributed by atoms with Crippen LogP contribution in [0.1, 0.15) is 55.1 Å². The fourth-order valence-electron chi connectivity index (χ4n) is 4.20. The van der Waals surface area contributed by atoms with E-state index in [1.807, 2.05) is 36.4 Å².